The lowest BCUT2D eigenvalue weighted by Crippen LogP contribution is -2.15. The Morgan fingerprint density at radius 3 is 2.76 bits per heavy atom. The smallest absolute Gasteiger partial charge is 0.226 e. The zero-order chi connectivity index (χ0) is 12.0. The standard InChI is InChI=1S/C11H17N3O2.ClH/c1-8(2)16-6-5-11(15)14-9-3-4-10(12)13-7-9;/h3-4,7-8H,5-6H2,1-2H3,(H2,12,13)(H,14,15);1H. The summed E-state index contributed by atoms with van der Waals surface area (Å²) in [4.78, 5) is 15.3. The molecule has 17 heavy (non-hydrogen) atoms. The number of nitrogens with zero attached hydrogens (tertiary/aromatic N) is 1. The molecule has 0 aliphatic heterocycles. The lowest BCUT2D eigenvalue weighted by molar-refractivity contribution is -0.117. The van der Waals surface area contributed by atoms with E-state index >= 15 is 0 Å². The number of nitrogen functional groups attached to an aromatic ring is 1. The molecule has 0 radical (unpaired) electrons. The molecule has 0 aromatic carbocycles. The second kappa shape index (κ2) is 7.86. The third-order valence-electron chi connectivity index (χ3n) is 1.85. The Labute approximate surface area is 107 Å². The van der Waals surface area contributed by atoms with E-state index in [9.17, 15) is 4.79 Å². The molecule has 0 bridgehead atoms. The fourth-order valence-electron chi connectivity index (χ4n) is 1.09. The molecule has 5 nitrogen and oxygen atoms in total. The number of ether oxygens (including phenoxy) is 1. The molecule has 0 saturated heterocycles. The molecule has 1 rings (SSSR count). The SMILES string of the molecule is CC(C)OCCC(=O)Nc1ccc(N)nc1.Cl. The highest BCUT2D eigenvalue weighted by molar-refractivity contribution is 5.90. The summed E-state index contributed by atoms with van der Waals surface area (Å²) in [6.45, 7) is 4.29. The van der Waals surface area contributed by atoms with E-state index in [-0.39, 0.29) is 24.4 Å². The molecule has 96 valence electrons. The van der Waals surface area contributed by atoms with Crippen molar-refractivity contribution in [2.45, 2.75) is 26.4 Å². The molecule has 0 atom stereocenters. The number of halogens is 1. The highest BCUT2D eigenvalue weighted by Gasteiger charge is 2.03. The van der Waals surface area contributed by atoms with Crippen LogP contribution in [0.15, 0.2) is 18.3 Å². The Morgan fingerprint density at radius 2 is 2.24 bits per heavy atom. The first-order chi connectivity index (χ1) is 7.58. The van der Waals surface area contributed by atoms with Crippen LogP contribution in [-0.4, -0.2) is 23.6 Å². The molecule has 0 unspecified atom stereocenters. The van der Waals surface area contributed by atoms with Crippen LogP contribution in [0.3, 0.4) is 0 Å². The Morgan fingerprint density at radius 1 is 1.53 bits per heavy atom. The van der Waals surface area contributed by atoms with Gasteiger partial charge in [-0.2, -0.15) is 0 Å². The maximum absolute atomic E-state index is 11.4. The van der Waals surface area contributed by atoms with Crippen molar-refractivity contribution < 1.29 is 9.53 Å². The van der Waals surface area contributed by atoms with Crippen molar-refractivity contribution >= 4 is 29.8 Å². The fraction of sp³-hybridized carbons (Fsp3) is 0.455. The molecule has 0 aliphatic carbocycles. The molecule has 0 aliphatic rings. The van der Waals surface area contributed by atoms with E-state index < -0.39 is 0 Å². The van der Waals surface area contributed by atoms with Gasteiger partial charge in [-0.25, -0.2) is 4.98 Å². The van der Waals surface area contributed by atoms with Crippen molar-refractivity contribution in [3.05, 3.63) is 18.3 Å². The van der Waals surface area contributed by atoms with Gasteiger partial charge in [-0.3, -0.25) is 4.79 Å². The predicted octanol–water partition coefficient (Wildman–Crippen LogP) is 1.84. The Kier molecular flexibility index (Phi) is 7.25. The van der Waals surface area contributed by atoms with Crippen LogP contribution < -0.4 is 11.1 Å². The number of pyridine rings is 1. The van der Waals surface area contributed by atoms with Crippen LogP contribution in [-0.2, 0) is 9.53 Å². The number of anilines is 2. The zero-order valence-electron chi connectivity index (χ0n) is 9.97. The molecule has 1 heterocycles. The maximum atomic E-state index is 11.4. The molecule has 1 amide bonds. The summed E-state index contributed by atoms with van der Waals surface area (Å²) in [5.74, 6) is 0.341. The fourth-order valence-corrected chi connectivity index (χ4v) is 1.09. The van der Waals surface area contributed by atoms with Gasteiger partial charge in [0.15, 0.2) is 0 Å². The van der Waals surface area contributed by atoms with E-state index in [1.165, 1.54) is 6.20 Å². The van der Waals surface area contributed by atoms with Crippen LogP contribution in [0.4, 0.5) is 11.5 Å². The minimum absolute atomic E-state index is 0. The summed E-state index contributed by atoms with van der Waals surface area (Å²) in [5.41, 5.74) is 6.07. The van der Waals surface area contributed by atoms with Gasteiger partial charge in [-0.05, 0) is 26.0 Å². The van der Waals surface area contributed by atoms with E-state index in [1.54, 1.807) is 12.1 Å². The number of carbonyl (C=O) groups excluding carboxylic acids is 1. The largest absolute Gasteiger partial charge is 0.384 e. The van der Waals surface area contributed by atoms with Crippen molar-refractivity contribution in [2.75, 3.05) is 17.7 Å². The number of hydrogen-bond acceptors (Lipinski definition) is 4. The highest BCUT2D eigenvalue weighted by atomic mass is 35.5. The summed E-state index contributed by atoms with van der Waals surface area (Å²) in [7, 11) is 0. The quantitative estimate of drug-likeness (QED) is 0.846. The van der Waals surface area contributed by atoms with Gasteiger partial charge in [-0.15, -0.1) is 12.4 Å². The third kappa shape index (κ3) is 6.76. The second-order valence-corrected chi connectivity index (χ2v) is 3.69. The number of rotatable bonds is 5. The summed E-state index contributed by atoms with van der Waals surface area (Å²) in [6, 6.07) is 3.35. The molecule has 3 N–H and O–H groups in total. The minimum atomic E-state index is -0.0905. The van der Waals surface area contributed by atoms with Gasteiger partial charge >= 0.3 is 0 Å². The monoisotopic (exact) mass is 259 g/mol. The molecule has 0 saturated carbocycles. The number of amides is 1. The second-order valence-electron chi connectivity index (χ2n) is 3.69. The molecule has 6 heteroatoms. The summed E-state index contributed by atoms with van der Waals surface area (Å²) in [5, 5.41) is 2.71. The van der Waals surface area contributed by atoms with Crippen molar-refractivity contribution in [3.8, 4) is 0 Å². The van der Waals surface area contributed by atoms with E-state index in [0.717, 1.165) is 0 Å². The zero-order valence-corrected chi connectivity index (χ0v) is 10.8. The average molecular weight is 260 g/mol. The molecule has 1 aromatic rings. The van der Waals surface area contributed by atoms with Gasteiger partial charge in [0.1, 0.15) is 5.82 Å². The topological polar surface area (TPSA) is 77.2 Å². The summed E-state index contributed by atoms with van der Waals surface area (Å²) < 4.78 is 5.27. The van der Waals surface area contributed by atoms with Crippen molar-refractivity contribution in [3.63, 3.8) is 0 Å². The van der Waals surface area contributed by atoms with Gasteiger partial charge in [0.05, 0.1) is 31.0 Å². The third-order valence-corrected chi connectivity index (χ3v) is 1.85. The molecule has 0 fully saturated rings. The van der Waals surface area contributed by atoms with Gasteiger partial charge in [0, 0.05) is 0 Å². The minimum Gasteiger partial charge on any atom is -0.384 e. The van der Waals surface area contributed by atoms with Crippen LogP contribution in [0.25, 0.3) is 0 Å². The summed E-state index contributed by atoms with van der Waals surface area (Å²) in [6.07, 6.45) is 2.00. The average Bonchev–Trinajstić information content (AvgIpc) is 2.21. The van der Waals surface area contributed by atoms with Gasteiger partial charge in [0.25, 0.3) is 0 Å². The lowest BCUT2D eigenvalue weighted by atomic mass is 10.3. The van der Waals surface area contributed by atoms with Crippen molar-refractivity contribution in [1.82, 2.24) is 4.98 Å². The first-order valence-corrected chi connectivity index (χ1v) is 5.21. The number of nitrogens with two attached hydrogens (primary N) is 1. The van der Waals surface area contributed by atoms with E-state index in [4.69, 9.17) is 10.5 Å². The Balaban J connectivity index is 0.00000256. The van der Waals surface area contributed by atoms with Gasteiger partial charge in [0.2, 0.25) is 5.91 Å². The van der Waals surface area contributed by atoms with Gasteiger partial charge in [-0.1, -0.05) is 0 Å². The number of aromatic nitrogens is 1. The molecule has 1 aromatic heterocycles. The first-order valence-electron chi connectivity index (χ1n) is 5.21. The normalized spacial score (nSPS) is 9.82. The first kappa shape index (κ1) is 15.7. The summed E-state index contributed by atoms with van der Waals surface area (Å²) >= 11 is 0. The van der Waals surface area contributed by atoms with Crippen LogP contribution in [0.1, 0.15) is 20.3 Å². The number of hydrogen-bond donors (Lipinski definition) is 2. The van der Waals surface area contributed by atoms with Crippen LogP contribution in [0.2, 0.25) is 0 Å². The molecule has 0 spiro atoms. The van der Waals surface area contributed by atoms with Crippen LogP contribution in [0, 0.1) is 0 Å². The lowest BCUT2D eigenvalue weighted by Gasteiger charge is -2.07. The van der Waals surface area contributed by atoms with E-state index in [2.05, 4.69) is 10.3 Å². The van der Waals surface area contributed by atoms with Crippen LogP contribution in [0.5, 0.6) is 0 Å². The van der Waals surface area contributed by atoms with Gasteiger partial charge < -0.3 is 15.8 Å². The predicted molar refractivity (Wildman–Crippen MR) is 70.2 cm³/mol. The van der Waals surface area contributed by atoms with E-state index in [1.807, 2.05) is 13.8 Å². The molecular weight excluding hydrogens is 242 g/mol. The Hall–Kier alpha value is -1.33. The Bertz CT molecular complexity index is 341. The number of carbonyl (C=O) groups is 1. The van der Waals surface area contributed by atoms with Crippen molar-refractivity contribution in [2.24, 2.45) is 0 Å². The maximum Gasteiger partial charge on any atom is 0.226 e. The highest BCUT2D eigenvalue weighted by Crippen LogP contribution is 2.07. The van der Waals surface area contributed by atoms with Crippen LogP contribution >= 0.6 is 12.4 Å². The van der Waals surface area contributed by atoms with E-state index in [0.29, 0.717) is 24.5 Å². The van der Waals surface area contributed by atoms with Crippen molar-refractivity contribution in [1.29, 1.82) is 0 Å². The molecular formula is C11H18ClN3O2. The number of nitrogens with one attached hydrogen (secondary N) is 1.